The van der Waals surface area contributed by atoms with E-state index < -0.39 is 0 Å². The van der Waals surface area contributed by atoms with E-state index in [1.54, 1.807) is 18.2 Å². The molecular weight excluding hydrogens is 306 g/mol. The summed E-state index contributed by atoms with van der Waals surface area (Å²) in [5.41, 5.74) is 2.79. The van der Waals surface area contributed by atoms with Crippen molar-refractivity contribution in [1.29, 1.82) is 0 Å². The number of fused-ring (bicyclic) bond motifs is 1. The van der Waals surface area contributed by atoms with Gasteiger partial charge in [0.05, 0.1) is 11.6 Å². The minimum absolute atomic E-state index is 0.153. The van der Waals surface area contributed by atoms with Crippen LogP contribution in [-0.4, -0.2) is 18.6 Å². The van der Waals surface area contributed by atoms with Gasteiger partial charge in [-0.15, -0.1) is 0 Å². The van der Waals surface area contributed by atoms with Crippen molar-refractivity contribution in [1.82, 2.24) is 0 Å². The molecule has 0 bridgehead atoms. The van der Waals surface area contributed by atoms with Gasteiger partial charge in [0.1, 0.15) is 0 Å². The highest BCUT2D eigenvalue weighted by Gasteiger charge is 2.39. The van der Waals surface area contributed by atoms with Crippen molar-refractivity contribution in [2.75, 3.05) is 11.7 Å². The van der Waals surface area contributed by atoms with E-state index in [1.165, 1.54) is 10.5 Å². The smallest absolute Gasteiger partial charge is 0.237 e. The minimum Gasteiger partial charge on any atom is -0.454 e. The van der Waals surface area contributed by atoms with Gasteiger partial charge in [-0.05, 0) is 31.0 Å². The van der Waals surface area contributed by atoms with Crippen molar-refractivity contribution in [3.63, 3.8) is 0 Å². The van der Waals surface area contributed by atoms with Gasteiger partial charge in [0.15, 0.2) is 11.5 Å². The predicted octanol–water partition coefficient (Wildman–Crippen LogP) is 2.85. The first-order valence-corrected chi connectivity index (χ1v) is 7.94. The highest BCUT2D eigenvalue weighted by atomic mass is 16.7. The molecule has 2 aromatic rings. The number of benzene rings is 2. The van der Waals surface area contributed by atoms with Gasteiger partial charge in [-0.2, -0.15) is 0 Å². The first-order valence-electron chi connectivity index (χ1n) is 7.94. The molecule has 1 unspecified atom stereocenters. The lowest BCUT2D eigenvalue weighted by Gasteiger charge is -2.15. The normalized spacial score (nSPS) is 19.2. The van der Waals surface area contributed by atoms with Crippen LogP contribution in [0.1, 0.15) is 17.5 Å². The Bertz CT molecular complexity index is 813. The number of amides is 2. The van der Waals surface area contributed by atoms with Gasteiger partial charge in [-0.1, -0.05) is 29.8 Å². The van der Waals surface area contributed by atoms with E-state index in [4.69, 9.17) is 9.47 Å². The topological polar surface area (TPSA) is 55.8 Å². The third-order valence-electron chi connectivity index (χ3n) is 4.46. The molecule has 2 amide bonds. The summed E-state index contributed by atoms with van der Waals surface area (Å²) in [6.45, 7) is 2.19. The minimum atomic E-state index is -0.314. The van der Waals surface area contributed by atoms with Crippen LogP contribution in [0.3, 0.4) is 0 Å². The molecule has 1 fully saturated rings. The largest absolute Gasteiger partial charge is 0.454 e. The van der Waals surface area contributed by atoms with Crippen LogP contribution >= 0.6 is 0 Å². The van der Waals surface area contributed by atoms with Crippen molar-refractivity contribution >= 4 is 17.5 Å². The van der Waals surface area contributed by atoms with Gasteiger partial charge in [0.2, 0.25) is 18.6 Å². The van der Waals surface area contributed by atoms with E-state index in [0.717, 1.165) is 5.56 Å². The lowest BCUT2D eigenvalue weighted by molar-refractivity contribution is -0.122. The predicted molar refractivity (Wildman–Crippen MR) is 88.0 cm³/mol. The van der Waals surface area contributed by atoms with E-state index in [1.807, 2.05) is 31.2 Å². The van der Waals surface area contributed by atoms with E-state index in [9.17, 15) is 9.59 Å². The number of aryl methyl sites for hydroxylation is 1. The molecule has 4 rings (SSSR count). The molecule has 122 valence electrons. The van der Waals surface area contributed by atoms with Crippen LogP contribution in [0.25, 0.3) is 0 Å². The Labute approximate surface area is 139 Å². The summed E-state index contributed by atoms with van der Waals surface area (Å²) in [7, 11) is 0. The third-order valence-corrected chi connectivity index (χ3v) is 4.46. The molecule has 24 heavy (non-hydrogen) atoms. The molecule has 0 N–H and O–H groups in total. The maximum atomic E-state index is 12.7. The molecule has 0 radical (unpaired) electrons. The number of carbonyl (C=O) groups is 2. The molecule has 2 aromatic carbocycles. The lowest BCUT2D eigenvalue weighted by atomic mass is 9.97. The van der Waals surface area contributed by atoms with Gasteiger partial charge in [-0.3, -0.25) is 14.5 Å². The van der Waals surface area contributed by atoms with Crippen LogP contribution in [0.15, 0.2) is 42.5 Å². The third kappa shape index (κ3) is 2.52. The van der Waals surface area contributed by atoms with E-state index in [0.29, 0.717) is 23.6 Å². The zero-order chi connectivity index (χ0) is 16.7. The number of rotatable bonds is 3. The molecule has 0 aromatic heterocycles. The molecule has 5 nitrogen and oxygen atoms in total. The van der Waals surface area contributed by atoms with Crippen LogP contribution in [0.5, 0.6) is 11.5 Å². The molecule has 5 heteroatoms. The Morgan fingerprint density at radius 1 is 1.04 bits per heavy atom. The van der Waals surface area contributed by atoms with Crippen LogP contribution in [-0.2, 0) is 16.0 Å². The average Bonchev–Trinajstić information content (AvgIpc) is 3.14. The maximum absolute atomic E-state index is 12.7. The number of nitrogens with zero attached hydrogens (tertiary/aromatic N) is 1. The Kier molecular flexibility index (Phi) is 3.49. The summed E-state index contributed by atoms with van der Waals surface area (Å²) in [6, 6.07) is 13.2. The summed E-state index contributed by atoms with van der Waals surface area (Å²) < 4.78 is 10.6. The number of carbonyl (C=O) groups excluding carboxylic acids is 2. The molecule has 0 saturated carbocycles. The molecule has 0 spiro atoms. The highest BCUT2D eigenvalue weighted by Crippen LogP contribution is 2.37. The van der Waals surface area contributed by atoms with Gasteiger partial charge in [0.25, 0.3) is 0 Å². The Balaban J connectivity index is 1.56. The second kappa shape index (κ2) is 5.67. The van der Waals surface area contributed by atoms with Crippen LogP contribution in [0.2, 0.25) is 0 Å². The van der Waals surface area contributed by atoms with Crippen molar-refractivity contribution in [3.05, 3.63) is 53.6 Å². The second-order valence-corrected chi connectivity index (χ2v) is 6.20. The number of ether oxygens (including phenoxy) is 2. The first kappa shape index (κ1) is 14.8. The van der Waals surface area contributed by atoms with Gasteiger partial charge < -0.3 is 9.47 Å². The molecule has 2 aliphatic rings. The van der Waals surface area contributed by atoms with Crippen molar-refractivity contribution < 1.29 is 19.1 Å². The quantitative estimate of drug-likeness (QED) is 0.815. The number of hydrogen-bond acceptors (Lipinski definition) is 4. The van der Waals surface area contributed by atoms with Crippen molar-refractivity contribution in [3.8, 4) is 11.5 Å². The summed E-state index contributed by atoms with van der Waals surface area (Å²) in [6.07, 6.45) is 0.813. The van der Waals surface area contributed by atoms with E-state index in [-0.39, 0.29) is 30.9 Å². The van der Waals surface area contributed by atoms with Gasteiger partial charge in [0, 0.05) is 12.5 Å². The monoisotopic (exact) mass is 323 g/mol. The number of imide groups is 1. The molecule has 2 aliphatic heterocycles. The first-order chi connectivity index (χ1) is 11.6. The second-order valence-electron chi connectivity index (χ2n) is 6.20. The van der Waals surface area contributed by atoms with Crippen LogP contribution < -0.4 is 14.4 Å². The summed E-state index contributed by atoms with van der Waals surface area (Å²) in [5, 5.41) is 0. The van der Waals surface area contributed by atoms with Crippen LogP contribution in [0.4, 0.5) is 5.69 Å². The van der Waals surface area contributed by atoms with E-state index in [2.05, 4.69) is 0 Å². The molecule has 1 atom stereocenters. The summed E-state index contributed by atoms with van der Waals surface area (Å²) in [4.78, 5) is 26.4. The summed E-state index contributed by atoms with van der Waals surface area (Å²) >= 11 is 0. The Hall–Kier alpha value is -2.82. The molecule has 1 saturated heterocycles. The SMILES string of the molecule is Cc1ccc(CC2CC(=O)N(c3ccc4c(c3)OCO4)C2=O)cc1. The zero-order valence-corrected chi connectivity index (χ0v) is 13.3. The zero-order valence-electron chi connectivity index (χ0n) is 13.3. The number of hydrogen-bond donors (Lipinski definition) is 0. The molecule has 2 heterocycles. The lowest BCUT2D eigenvalue weighted by Crippen LogP contribution is -2.30. The van der Waals surface area contributed by atoms with Gasteiger partial charge >= 0.3 is 0 Å². The fourth-order valence-corrected chi connectivity index (χ4v) is 3.16. The standard InChI is InChI=1S/C19H17NO4/c1-12-2-4-13(5-3-12)8-14-9-18(21)20(19(14)22)15-6-7-16-17(10-15)24-11-23-16/h2-7,10,14H,8-9,11H2,1H3. The molecule has 0 aliphatic carbocycles. The Morgan fingerprint density at radius 2 is 1.79 bits per heavy atom. The van der Waals surface area contributed by atoms with Crippen LogP contribution in [0, 0.1) is 12.8 Å². The van der Waals surface area contributed by atoms with E-state index >= 15 is 0 Å². The number of anilines is 1. The Morgan fingerprint density at radius 3 is 2.58 bits per heavy atom. The maximum Gasteiger partial charge on any atom is 0.237 e. The average molecular weight is 323 g/mol. The van der Waals surface area contributed by atoms with Gasteiger partial charge in [-0.25, -0.2) is 0 Å². The fraction of sp³-hybridized carbons (Fsp3) is 0.263. The fourth-order valence-electron chi connectivity index (χ4n) is 3.16. The molecular formula is C19H17NO4. The highest BCUT2D eigenvalue weighted by molar-refractivity contribution is 6.21. The van der Waals surface area contributed by atoms with Crippen molar-refractivity contribution in [2.24, 2.45) is 5.92 Å². The van der Waals surface area contributed by atoms with Crippen molar-refractivity contribution in [2.45, 2.75) is 19.8 Å². The summed E-state index contributed by atoms with van der Waals surface area (Å²) in [5.74, 6) is 0.560.